The molecule has 5 heteroatoms. The number of nitrogens with one attached hydrogen (secondary N) is 1. The highest BCUT2D eigenvalue weighted by Gasteiger charge is 2.22. The largest absolute Gasteiger partial charge is 0.397 e. The molecule has 1 saturated heterocycles. The maximum atomic E-state index is 12.9. The van der Waals surface area contributed by atoms with E-state index in [1.54, 1.807) is 0 Å². The van der Waals surface area contributed by atoms with Crippen LogP contribution in [0.1, 0.15) is 19.8 Å². The highest BCUT2D eigenvalue weighted by molar-refractivity contribution is 5.95. The molecule has 1 atom stereocenters. The molecule has 0 aliphatic carbocycles. The Morgan fingerprint density at radius 2 is 2.37 bits per heavy atom. The Balaban J connectivity index is 1.87. The van der Waals surface area contributed by atoms with Gasteiger partial charge in [-0.15, -0.1) is 0 Å². The smallest absolute Gasteiger partial charge is 0.238 e. The second kappa shape index (κ2) is 6.02. The van der Waals surface area contributed by atoms with Crippen LogP contribution in [0.15, 0.2) is 18.2 Å². The number of benzene rings is 1. The summed E-state index contributed by atoms with van der Waals surface area (Å²) >= 11 is 0. The highest BCUT2D eigenvalue weighted by Crippen LogP contribution is 2.21. The number of halogens is 1. The van der Waals surface area contributed by atoms with Crippen molar-refractivity contribution in [1.29, 1.82) is 0 Å². The molecule has 4 nitrogen and oxygen atoms in total. The number of carbonyl (C=O) groups excluding carboxylic acids is 1. The topological polar surface area (TPSA) is 58.4 Å². The van der Waals surface area contributed by atoms with Crippen LogP contribution in [0.4, 0.5) is 15.8 Å². The van der Waals surface area contributed by atoms with Crippen molar-refractivity contribution in [3.63, 3.8) is 0 Å². The van der Waals surface area contributed by atoms with Gasteiger partial charge in [-0.05, 0) is 37.1 Å². The molecule has 2 rings (SSSR count). The number of rotatable bonds is 4. The van der Waals surface area contributed by atoms with Crippen LogP contribution in [0.2, 0.25) is 0 Å². The van der Waals surface area contributed by atoms with Crippen LogP contribution in [-0.2, 0) is 4.79 Å². The van der Waals surface area contributed by atoms with E-state index in [4.69, 9.17) is 5.73 Å². The van der Waals surface area contributed by atoms with Crippen molar-refractivity contribution in [3.05, 3.63) is 24.0 Å². The highest BCUT2D eigenvalue weighted by atomic mass is 19.1. The number of nitrogens with zero attached hydrogens (tertiary/aromatic N) is 1. The second-order valence-electron chi connectivity index (χ2n) is 5.08. The van der Waals surface area contributed by atoms with Gasteiger partial charge in [-0.3, -0.25) is 9.69 Å². The summed E-state index contributed by atoms with van der Waals surface area (Å²) in [7, 11) is 0. The maximum absolute atomic E-state index is 12.9. The van der Waals surface area contributed by atoms with Crippen LogP contribution >= 0.6 is 0 Å². The van der Waals surface area contributed by atoms with Gasteiger partial charge in [0.1, 0.15) is 5.82 Å². The Bertz CT molecular complexity index is 464. The van der Waals surface area contributed by atoms with Gasteiger partial charge < -0.3 is 11.1 Å². The normalized spacial score (nSPS) is 19.6. The number of hydrogen-bond donors (Lipinski definition) is 2. The molecular weight excluding hydrogens is 245 g/mol. The van der Waals surface area contributed by atoms with Crippen molar-refractivity contribution in [2.45, 2.75) is 19.8 Å². The third-order valence-corrected chi connectivity index (χ3v) is 3.60. The quantitative estimate of drug-likeness (QED) is 0.819. The molecule has 19 heavy (non-hydrogen) atoms. The van der Waals surface area contributed by atoms with Gasteiger partial charge in [0.15, 0.2) is 0 Å². The first-order valence-corrected chi connectivity index (χ1v) is 6.65. The fraction of sp³-hybridized carbons (Fsp3) is 0.500. The monoisotopic (exact) mass is 265 g/mol. The summed E-state index contributed by atoms with van der Waals surface area (Å²) in [6.07, 6.45) is 2.31. The first kappa shape index (κ1) is 13.8. The van der Waals surface area contributed by atoms with Gasteiger partial charge in [0.25, 0.3) is 0 Å². The molecule has 0 aromatic heterocycles. The maximum Gasteiger partial charge on any atom is 0.238 e. The average Bonchev–Trinajstić information content (AvgIpc) is 2.80. The molecule has 0 saturated carbocycles. The number of hydrogen-bond acceptors (Lipinski definition) is 3. The van der Waals surface area contributed by atoms with Crippen LogP contribution in [0.5, 0.6) is 0 Å². The Hall–Kier alpha value is -1.62. The summed E-state index contributed by atoms with van der Waals surface area (Å²) in [5, 5.41) is 2.72. The standard InChI is InChI=1S/C14H20FN3O/c1-2-10-5-6-18(8-10)9-14(19)17-13-4-3-11(15)7-12(13)16/h3-4,7,10H,2,5-6,8-9,16H2,1H3,(H,17,19). The molecule has 1 unspecified atom stereocenters. The van der Waals surface area contributed by atoms with Crippen molar-refractivity contribution in [2.75, 3.05) is 30.7 Å². The minimum Gasteiger partial charge on any atom is -0.397 e. The average molecular weight is 265 g/mol. The molecule has 3 N–H and O–H groups in total. The number of anilines is 2. The lowest BCUT2D eigenvalue weighted by Crippen LogP contribution is -2.31. The minimum atomic E-state index is -0.402. The third-order valence-electron chi connectivity index (χ3n) is 3.60. The van der Waals surface area contributed by atoms with Gasteiger partial charge in [-0.1, -0.05) is 13.3 Å². The summed E-state index contributed by atoms with van der Waals surface area (Å²) in [6, 6.07) is 3.98. The molecule has 1 aliphatic rings. The van der Waals surface area contributed by atoms with Crippen molar-refractivity contribution in [2.24, 2.45) is 5.92 Å². The van der Waals surface area contributed by atoms with Crippen LogP contribution in [0.25, 0.3) is 0 Å². The summed E-state index contributed by atoms with van der Waals surface area (Å²) in [6.45, 7) is 4.48. The lowest BCUT2D eigenvalue weighted by molar-refractivity contribution is -0.117. The molecule has 1 amide bonds. The molecule has 0 radical (unpaired) electrons. The Morgan fingerprint density at radius 3 is 3.00 bits per heavy atom. The summed E-state index contributed by atoms with van der Waals surface area (Å²) < 4.78 is 12.9. The van der Waals surface area contributed by atoms with E-state index in [2.05, 4.69) is 17.1 Å². The summed E-state index contributed by atoms with van der Waals surface area (Å²) in [5.74, 6) is 0.194. The fourth-order valence-electron chi connectivity index (χ4n) is 2.43. The Kier molecular flexibility index (Phi) is 4.37. The van der Waals surface area contributed by atoms with Gasteiger partial charge in [-0.2, -0.15) is 0 Å². The van der Waals surface area contributed by atoms with E-state index in [0.29, 0.717) is 18.2 Å². The van der Waals surface area contributed by atoms with Crippen molar-refractivity contribution >= 4 is 17.3 Å². The van der Waals surface area contributed by atoms with Crippen molar-refractivity contribution in [3.8, 4) is 0 Å². The fourth-order valence-corrected chi connectivity index (χ4v) is 2.43. The second-order valence-corrected chi connectivity index (χ2v) is 5.08. The number of nitrogens with two attached hydrogens (primary N) is 1. The van der Waals surface area contributed by atoms with Gasteiger partial charge in [0.2, 0.25) is 5.91 Å². The predicted octanol–water partition coefficient (Wildman–Crippen LogP) is 2.08. The lowest BCUT2D eigenvalue weighted by atomic mass is 10.1. The van der Waals surface area contributed by atoms with E-state index in [0.717, 1.165) is 25.9 Å². The lowest BCUT2D eigenvalue weighted by Gasteiger charge is -2.16. The van der Waals surface area contributed by atoms with Crippen molar-refractivity contribution in [1.82, 2.24) is 4.90 Å². The van der Waals surface area contributed by atoms with Crippen LogP contribution in [-0.4, -0.2) is 30.4 Å². The number of nitrogen functional groups attached to an aromatic ring is 1. The Labute approximate surface area is 112 Å². The first-order chi connectivity index (χ1) is 9.08. The van der Waals surface area contributed by atoms with Crippen LogP contribution in [0.3, 0.4) is 0 Å². The van der Waals surface area contributed by atoms with Gasteiger partial charge in [0, 0.05) is 6.54 Å². The number of carbonyl (C=O) groups is 1. The van der Waals surface area contributed by atoms with E-state index in [-0.39, 0.29) is 11.6 Å². The molecule has 1 fully saturated rings. The number of amides is 1. The van der Waals surface area contributed by atoms with E-state index in [9.17, 15) is 9.18 Å². The minimum absolute atomic E-state index is 0.102. The zero-order valence-electron chi connectivity index (χ0n) is 11.2. The van der Waals surface area contributed by atoms with Crippen LogP contribution in [0, 0.1) is 11.7 Å². The number of likely N-dealkylation sites (tertiary alicyclic amines) is 1. The molecule has 1 heterocycles. The van der Waals surface area contributed by atoms with Gasteiger partial charge in [0.05, 0.1) is 17.9 Å². The first-order valence-electron chi connectivity index (χ1n) is 6.65. The van der Waals surface area contributed by atoms with E-state index >= 15 is 0 Å². The van der Waals surface area contributed by atoms with Gasteiger partial charge >= 0.3 is 0 Å². The SMILES string of the molecule is CCC1CCN(CC(=O)Nc2ccc(F)cc2N)C1. The molecule has 1 aromatic rings. The third kappa shape index (κ3) is 3.67. The molecular formula is C14H20FN3O. The summed E-state index contributed by atoms with van der Waals surface area (Å²) in [4.78, 5) is 14.0. The van der Waals surface area contributed by atoms with Crippen molar-refractivity contribution < 1.29 is 9.18 Å². The molecule has 104 valence electrons. The zero-order chi connectivity index (χ0) is 13.8. The molecule has 1 aromatic carbocycles. The van der Waals surface area contributed by atoms with E-state index < -0.39 is 5.82 Å². The Morgan fingerprint density at radius 1 is 1.58 bits per heavy atom. The van der Waals surface area contributed by atoms with Gasteiger partial charge in [-0.25, -0.2) is 4.39 Å². The van der Waals surface area contributed by atoms with E-state index in [1.807, 2.05) is 0 Å². The molecule has 1 aliphatic heterocycles. The van der Waals surface area contributed by atoms with Crippen LogP contribution < -0.4 is 11.1 Å². The molecule has 0 bridgehead atoms. The molecule has 0 spiro atoms. The van der Waals surface area contributed by atoms with E-state index in [1.165, 1.54) is 18.2 Å². The zero-order valence-corrected chi connectivity index (χ0v) is 11.2. The predicted molar refractivity (Wildman–Crippen MR) is 74.3 cm³/mol. The summed E-state index contributed by atoms with van der Waals surface area (Å²) in [5.41, 5.74) is 6.37.